The lowest BCUT2D eigenvalue weighted by atomic mass is 10.1. The lowest BCUT2D eigenvalue weighted by Gasteiger charge is -2.23. The topological polar surface area (TPSA) is 95.6 Å². The van der Waals surface area contributed by atoms with Crippen LogP contribution < -0.4 is 20.9 Å². The number of nitrogens with zero attached hydrogens (tertiary/aromatic N) is 2. The molecule has 0 aliphatic rings. The number of carbonyl (C=O) groups is 2. The lowest BCUT2D eigenvalue weighted by Crippen LogP contribution is -2.27. The maximum atomic E-state index is 12.8. The molecule has 2 amide bonds. The maximum Gasteiger partial charge on any atom is 0.411 e. The van der Waals surface area contributed by atoms with Gasteiger partial charge in [0, 0.05) is 64.8 Å². The summed E-state index contributed by atoms with van der Waals surface area (Å²) in [5.74, 6) is 0.887. The Kier molecular flexibility index (Phi) is 11.0. The monoisotopic (exact) mass is 643 g/mol. The van der Waals surface area contributed by atoms with Crippen molar-refractivity contribution in [3.63, 3.8) is 0 Å². The third-order valence-electron chi connectivity index (χ3n) is 7.17. The predicted octanol–water partition coefficient (Wildman–Crippen LogP) is 8.90. The number of rotatable bonds is 13. The van der Waals surface area contributed by atoms with E-state index in [1.54, 1.807) is 12.1 Å². The summed E-state index contributed by atoms with van der Waals surface area (Å²) in [5, 5.41) is 11.3. The molecule has 45 heavy (non-hydrogen) atoms. The largest absolute Gasteiger partial charge is 0.444 e. The van der Waals surface area contributed by atoms with Crippen LogP contribution in [0.25, 0.3) is 21.8 Å². The van der Waals surface area contributed by atoms with E-state index >= 15 is 0 Å². The third kappa shape index (κ3) is 8.35. The molecule has 0 bridgehead atoms. The molecule has 0 spiro atoms. The quantitative estimate of drug-likeness (QED) is 0.0876. The van der Waals surface area contributed by atoms with E-state index in [0.29, 0.717) is 48.2 Å². The first-order valence-electron chi connectivity index (χ1n) is 14.9. The first-order valence-corrected chi connectivity index (χ1v) is 15.9. The highest BCUT2D eigenvalue weighted by atomic mass is 35.5. The molecule has 1 heterocycles. The van der Waals surface area contributed by atoms with Gasteiger partial charge in [-0.05, 0) is 66.6 Å². The smallest absolute Gasteiger partial charge is 0.411 e. The van der Waals surface area contributed by atoms with Crippen molar-refractivity contribution in [3.8, 4) is 0 Å². The Morgan fingerprint density at radius 1 is 0.778 bits per heavy atom. The first kappa shape index (κ1) is 31.9. The molecular formula is C35H35Cl2N5O3. The van der Waals surface area contributed by atoms with Crippen LogP contribution >= 0.6 is 23.2 Å². The molecule has 0 saturated heterocycles. The number of hydrogen-bond acceptors (Lipinski definition) is 6. The number of aromatic nitrogens is 1. The molecular weight excluding hydrogens is 609 g/mol. The van der Waals surface area contributed by atoms with E-state index in [-0.39, 0.29) is 12.5 Å². The zero-order valence-corrected chi connectivity index (χ0v) is 26.5. The summed E-state index contributed by atoms with van der Waals surface area (Å²) >= 11 is 11.9. The molecule has 10 heteroatoms. The van der Waals surface area contributed by atoms with Crippen LogP contribution in [0.2, 0.25) is 0 Å². The zero-order chi connectivity index (χ0) is 31.6. The average molecular weight is 645 g/mol. The number of alkyl halides is 2. The van der Waals surface area contributed by atoms with Crippen molar-refractivity contribution in [1.29, 1.82) is 0 Å². The van der Waals surface area contributed by atoms with Gasteiger partial charge in [0.1, 0.15) is 6.61 Å². The highest BCUT2D eigenvalue weighted by molar-refractivity contribution is 6.18. The SMILES string of the molecule is CCCC(=O)Nc1cc(COC(=O)Nc2ccc(N(CCCl)CCCl)cc2)cc(Nc2c3ccccc3nc3ccccc23)c1. The summed E-state index contributed by atoms with van der Waals surface area (Å²) in [6.07, 6.45) is 0.537. The van der Waals surface area contributed by atoms with E-state index < -0.39 is 6.09 Å². The molecule has 0 atom stereocenters. The van der Waals surface area contributed by atoms with Gasteiger partial charge in [0.25, 0.3) is 0 Å². The fourth-order valence-electron chi connectivity index (χ4n) is 5.12. The summed E-state index contributed by atoms with van der Waals surface area (Å²) in [6.45, 7) is 3.29. The lowest BCUT2D eigenvalue weighted by molar-refractivity contribution is -0.116. The van der Waals surface area contributed by atoms with Gasteiger partial charge in [-0.25, -0.2) is 9.78 Å². The minimum absolute atomic E-state index is 0.00680. The number of benzene rings is 4. The number of halogens is 2. The minimum Gasteiger partial charge on any atom is -0.444 e. The number of hydrogen-bond donors (Lipinski definition) is 3. The molecule has 3 N–H and O–H groups in total. The first-order chi connectivity index (χ1) is 22.0. The van der Waals surface area contributed by atoms with Crippen molar-refractivity contribution in [2.24, 2.45) is 0 Å². The average Bonchev–Trinajstić information content (AvgIpc) is 3.04. The summed E-state index contributed by atoms with van der Waals surface area (Å²) in [6, 6.07) is 28.9. The minimum atomic E-state index is -0.595. The van der Waals surface area contributed by atoms with Crippen LogP contribution in [-0.2, 0) is 16.1 Å². The van der Waals surface area contributed by atoms with Gasteiger partial charge in [-0.15, -0.1) is 23.2 Å². The van der Waals surface area contributed by atoms with Gasteiger partial charge < -0.3 is 20.3 Å². The van der Waals surface area contributed by atoms with Crippen LogP contribution in [0, 0.1) is 0 Å². The van der Waals surface area contributed by atoms with Crippen molar-refractivity contribution in [3.05, 3.63) is 96.6 Å². The Hall–Kier alpha value is -4.53. The zero-order valence-electron chi connectivity index (χ0n) is 25.0. The Morgan fingerprint density at radius 2 is 1.40 bits per heavy atom. The molecule has 0 aliphatic heterocycles. The van der Waals surface area contributed by atoms with E-state index in [1.165, 1.54) is 0 Å². The molecule has 0 radical (unpaired) electrons. The molecule has 1 aromatic heterocycles. The highest BCUT2D eigenvalue weighted by Crippen LogP contribution is 2.34. The molecule has 232 valence electrons. The summed E-state index contributed by atoms with van der Waals surface area (Å²) in [7, 11) is 0. The fraction of sp³-hybridized carbons (Fsp3) is 0.229. The summed E-state index contributed by atoms with van der Waals surface area (Å²) < 4.78 is 5.59. The van der Waals surface area contributed by atoms with Gasteiger partial charge in [-0.2, -0.15) is 0 Å². The number of nitrogens with one attached hydrogen (secondary N) is 3. The van der Waals surface area contributed by atoms with E-state index in [9.17, 15) is 9.59 Å². The van der Waals surface area contributed by atoms with Gasteiger partial charge in [-0.1, -0.05) is 43.3 Å². The van der Waals surface area contributed by atoms with Gasteiger partial charge >= 0.3 is 6.09 Å². The van der Waals surface area contributed by atoms with Crippen molar-refractivity contribution < 1.29 is 14.3 Å². The summed E-state index contributed by atoms with van der Waals surface area (Å²) in [5.41, 5.74) is 6.24. The van der Waals surface area contributed by atoms with E-state index in [4.69, 9.17) is 32.9 Å². The number of carbonyl (C=O) groups excluding carboxylic acids is 2. The number of para-hydroxylation sites is 2. The molecule has 5 aromatic rings. The standard InChI is InChI=1S/C35H35Cl2N5O3/c1-2-7-33(43)38-26-20-24(23-45-35(44)40-25-12-14-28(15-13-25)42(18-16-36)19-17-37)21-27(22-26)39-34-29-8-3-5-10-31(29)41-32-11-6-4-9-30(32)34/h3-6,8-15,20-22H,2,7,16-19,23H2,1H3,(H,38,43)(H,39,41)(H,40,44). The summed E-state index contributed by atoms with van der Waals surface area (Å²) in [4.78, 5) is 32.1. The molecule has 0 saturated carbocycles. The van der Waals surface area contributed by atoms with Crippen LogP contribution in [0.15, 0.2) is 91.0 Å². The van der Waals surface area contributed by atoms with Crippen LogP contribution in [0.3, 0.4) is 0 Å². The van der Waals surface area contributed by atoms with Gasteiger partial charge in [0.2, 0.25) is 5.91 Å². The molecule has 4 aromatic carbocycles. The van der Waals surface area contributed by atoms with Crippen LogP contribution in [0.1, 0.15) is 25.3 Å². The van der Waals surface area contributed by atoms with Crippen LogP contribution in [-0.4, -0.2) is 41.8 Å². The van der Waals surface area contributed by atoms with Crippen LogP contribution in [0.5, 0.6) is 0 Å². The normalized spacial score (nSPS) is 10.9. The van der Waals surface area contributed by atoms with Crippen molar-refractivity contribution in [2.45, 2.75) is 26.4 Å². The second-order valence-electron chi connectivity index (χ2n) is 10.5. The second kappa shape index (κ2) is 15.5. The Morgan fingerprint density at radius 3 is 2.02 bits per heavy atom. The van der Waals surface area contributed by atoms with Gasteiger partial charge in [0.05, 0.1) is 16.7 Å². The van der Waals surface area contributed by atoms with Crippen molar-refractivity contribution >= 4 is 85.4 Å². The van der Waals surface area contributed by atoms with E-state index in [1.807, 2.05) is 85.8 Å². The van der Waals surface area contributed by atoms with Crippen molar-refractivity contribution in [1.82, 2.24) is 4.98 Å². The number of ether oxygens (including phenoxy) is 1. The predicted molar refractivity (Wildman–Crippen MR) is 186 cm³/mol. The highest BCUT2D eigenvalue weighted by Gasteiger charge is 2.13. The maximum absolute atomic E-state index is 12.8. The Balaban J connectivity index is 1.35. The second-order valence-corrected chi connectivity index (χ2v) is 11.2. The van der Waals surface area contributed by atoms with Gasteiger partial charge in [0.15, 0.2) is 0 Å². The third-order valence-corrected chi connectivity index (χ3v) is 7.51. The number of pyridine rings is 1. The number of anilines is 5. The van der Waals surface area contributed by atoms with Crippen molar-refractivity contribution in [2.75, 3.05) is 45.7 Å². The molecule has 0 aliphatic carbocycles. The Bertz CT molecular complexity index is 1720. The Labute approximate surface area is 272 Å². The number of amides is 2. The fourth-order valence-corrected chi connectivity index (χ4v) is 5.53. The van der Waals surface area contributed by atoms with Crippen LogP contribution in [0.4, 0.5) is 33.2 Å². The molecule has 0 unspecified atom stereocenters. The van der Waals surface area contributed by atoms with E-state index in [2.05, 4.69) is 20.9 Å². The van der Waals surface area contributed by atoms with E-state index in [0.717, 1.165) is 45.3 Å². The molecule has 5 rings (SSSR count). The molecule has 8 nitrogen and oxygen atoms in total. The number of fused-ring (bicyclic) bond motifs is 2. The molecule has 0 fully saturated rings. The van der Waals surface area contributed by atoms with Gasteiger partial charge in [-0.3, -0.25) is 10.1 Å².